The van der Waals surface area contributed by atoms with Gasteiger partial charge in [-0.05, 0) is 89.2 Å². The van der Waals surface area contributed by atoms with E-state index in [0.29, 0.717) is 116 Å². The van der Waals surface area contributed by atoms with E-state index in [4.69, 9.17) is 4.74 Å². The summed E-state index contributed by atoms with van der Waals surface area (Å²) in [6, 6.07) is 0. The quantitative estimate of drug-likeness (QED) is 0.0314. The van der Waals surface area contributed by atoms with Crippen molar-refractivity contribution in [3.05, 3.63) is 24.7 Å². The van der Waals surface area contributed by atoms with Gasteiger partial charge in [0, 0.05) is 39.6 Å². The molecule has 0 rings (SSSR count). The van der Waals surface area contributed by atoms with Crippen LogP contribution in [0.2, 0.25) is 0 Å². The number of aliphatic hydroxyl groups excluding tert-OH is 12. The molecule has 0 spiro atoms. The first-order valence-corrected chi connectivity index (χ1v) is 21.3. The topological polar surface area (TPSA) is 252 Å². The molecule has 0 aromatic rings. The van der Waals surface area contributed by atoms with Gasteiger partial charge in [0.2, 0.25) is 0 Å². The van der Waals surface area contributed by atoms with E-state index in [2.05, 4.69) is 0 Å². The van der Waals surface area contributed by atoms with Crippen molar-refractivity contribution in [2.75, 3.05) is 39.6 Å². The lowest BCUT2D eigenvalue weighted by molar-refractivity contribution is -0.118. The Labute approximate surface area is 331 Å². The molecule has 328 valence electrons. The van der Waals surface area contributed by atoms with E-state index < -0.39 is 47.5 Å². The van der Waals surface area contributed by atoms with E-state index in [9.17, 15) is 61.3 Å². The molecule has 0 aromatic carbocycles. The summed E-state index contributed by atoms with van der Waals surface area (Å²) >= 11 is 0. The van der Waals surface area contributed by atoms with Gasteiger partial charge in [-0.25, -0.2) is 0 Å². The van der Waals surface area contributed by atoms with Crippen LogP contribution in [-0.2, 0) is 4.74 Å². The number of ether oxygens (including phenoxy) is 1. The molecule has 0 aliphatic rings. The monoisotopic (exact) mass is 795 g/mol. The Kier molecular flexibility index (Phi) is 34.0. The van der Waals surface area contributed by atoms with Crippen molar-refractivity contribution in [2.24, 2.45) is 10.8 Å². The van der Waals surface area contributed by atoms with Gasteiger partial charge in [-0.3, -0.25) is 0 Å². The van der Waals surface area contributed by atoms with E-state index in [1.165, 1.54) is 24.7 Å². The molecule has 55 heavy (non-hydrogen) atoms. The van der Waals surface area contributed by atoms with Crippen molar-refractivity contribution >= 4 is 0 Å². The normalized spacial score (nSPS) is 17.9. The maximum absolute atomic E-state index is 11.7. The molecule has 0 aromatic heterocycles. The van der Waals surface area contributed by atoms with Crippen molar-refractivity contribution in [1.82, 2.24) is 0 Å². The third-order valence-electron chi connectivity index (χ3n) is 11.1. The summed E-state index contributed by atoms with van der Waals surface area (Å²) in [6.45, 7) is 0.0586. The van der Waals surface area contributed by atoms with E-state index in [-0.39, 0.29) is 78.2 Å². The number of hydrogen-bond acceptors (Lipinski definition) is 13. The first-order valence-electron chi connectivity index (χ1n) is 21.3. The summed E-state index contributed by atoms with van der Waals surface area (Å²) in [5.41, 5.74) is -3.12. The lowest BCUT2D eigenvalue weighted by Crippen LogP contribution is -2.52. The van der Waals surface area contributed by atoms with E-state index >= 15 is 0 Å². The zero-order valence-electron chi connectivity index (χ0n) is 33.8. The molecule has 0 saturated carbocycles. The Morgan fingerprint density at radius 3 is 0.636 bits per heavy atom. The van der Waals surface area contributed by atoms with Gasteiger partial charge in [0.25, 0.3) is 0 Å². The van der Waals surface area contributed by atoms with Crippen LogP contribution < -0.4 is 0 Å². The highest BCUT2D eigenvalue weighted by Crippen LogP contribution is 2.42. The van der Waals surface area contributed by atoms with Crippen molar-refractivity contribution in [3.8, 4) is 0 Å². The van der Waals surface area contributed by atoms with Gasteiger partial charge in [0.1, 0.15) is 0 Å². The van der Waals surface area contributed by atoms with Crippen molar-refractivity contribution < 1.29 is 66.0 Å². The second-order valence-corrected chi connectivity index (χ2v) is 15.3. The van der Waals surface area contributed by atoms with Crippen LogP contribution in [0.5, 0.6) is 0 Å². The van der Waals surface area contributed by atoms with E-state index in [1.54, 1.807) is 0 Å². The number of rotatable bonds is 40. The third kappa shape index (κ3) is 20.9. The largest absolute Gasteiger partial charge is 0.473 e. The van der Waals surface area contributed by atoms with Crippen LogP contribution in [0.25, 0.3) is 0 Å². The number of hydrogen-bond donors (Lipinski definition) is 12. The molecule has 0 amide bonds. The Bertz CT molecular complexity index is 744. The van der Waals surface area contributed by atoms with E-state index in [0.717, 1.165) is 0 Å². The summed E-state index contributed by atoms with van der Waals surface area (Å²) in [6.07, 6.45) is 10.1. The van der Waals surface area contributed by atoms with Gasteiger partial charge in [0.15, 0.2) is 0 Å². The van der Waals surface area contributed by atoms with Crippen LogP contribution in [0.15, 0.2) is 24.7 Å². The van der Waals surface area contributed by atoms with Gasteiger partial charge >= 0.3 is 0 Å². The van der Waals surface area contributed by atoms with Crippen LogP contribution in [0, 0.1) is 10.8 Å². The lowest BCUT2D eigenvalue weighted by atomic mass is 9.68. The Hall–Kier alpha value is -1.20. The van der Waals surface area contributed by atoms with Gasteiger partial charge in [-0.1, -0.05) is 77.0 Å². The van der Waals surface area contributed by atoms with E-state index in [1.807, 2.05) is 0 Å². The molecule has 0 heterocycles. The van der Waals surface area contributed by atoms with Gasteiger partial charge in [0.05, 0.1) is 60.0 Å². The maximum Gasteiger partial charge on any atom is 0.0869 e. The van der Waals surface area contributed by atoms with Crippen LogP contribution >= 0.6 is 0 Å². The zero-order chi connectivity index (χ0) is 41.2. The lowest BCUT2D eigenvalue weighted by Gasteiger charge is -2.44. The summed E-state index contributed by atoms with van der Waals surface area (Å²) < 4.78 is 5.88. The first kappa shape index (κ1) is 53.8. The van der Waals surface area contributed by atoms with Gasteiger partial charge in [-0.15, -0.1) is 0 Å². The fraction of sp³-hybridized carbons (Fsp3) is 0.905. The summed E-state index contributed by atoms with van der Waals surface area (Å²) in [7, 11) is 0. The summed E-state index contributed by atoms with van der Waals surface area (Å²) in [4.78, 5) is 0. The molecule has 0 fully saturated rings. The minimum absolute atomic E-state index is 0.00976. The Balaban J connectivity index is 6.90. The Morgan fingerprint density at radius 2 is 0.473 bits per heavy atom. The summed E-state index contributed by atoms with van der Waals surface area (Å²) in [5, 5.41) is 126. The molecule has 0 saturated heterocycles. The smallest absolute Gasteiger partial charge is 0.0869 e. The van der Waals surface area contributed by atoms with Crippen LogP contribution in [-0.4, -0.2) is 138 Å². The third-order valence-corrected chi connectivity index (χ3v) is 11.1. The Morgan fingerprint density at radius 1 is 0.291 bits per heavy atom. The maximum atomic E-state index is 11.7. The second-order valence-electron chi connectivity index (χ2n) is 15.3. The fourth-order valence-electron chi connectivity index (χ4n) is 7.62. The molecule has 13 nitrogen and oxygen atoms in total. The highest BCUT2D eigenvalue weighted by molar-refractivity contribution is 5.13. The molecule has 6 atom stereocenters. The minimum atomic E-state index is -1.56. The molecule has 0 bridgehead atoms. The van der Waals surface area contributed by atoms with Gasteiger partial charge < -0.3 is 66.0 Å². The minimum Gasteiger partial charge on any atom is -0.473 e. The second kappa shape index (κ2) is 34.8. The molecule has 0 aliphatic heterocycles. The summed E-state index contributed by atoms with van der Waals surface area (Å²) in [5.74, 6) is 0. The molecule has 0 aliphatic carbocycles. The molecular weight excluding hydrogens is 712 g/mol. The van der Waals surface area contributed by atoms with Crippen molar-refractivity contribution in [3.63, 3.8) is 0 Å². The molecule has 13 heteroatoms. The first-order chi connectivity index (χ1) is 26.6. The predicted octanol–water partition coefficient (Wildman–Crippen LogP) is 3.48. The van der Waals surface area contributed by atoms with Crippen LogP contribution in [0.1, 0.15) is 154 Å². The molecule has 0 radical (unpaired) electrons. The van der Waals surface area contributed by atoms with Gasteiger partial charge in [-0.2, -0.15) is 0 Å². The number of unbranched alkanes of at least 4 members (excludes halogenated alkanes) is 12. The highest BCUT2D eigenvalue weighted by atomic mass is 16.5. The van der Waals surface area contributed by atoms with Crippen LogP contribution in [0.4, 0.5) is 0 Å². The number of aliphatic hydroxyl groups is 12. The zero-order valence-corrected chi connectivity index (χ0v) is 33.8. The van der Waals surface area contributed by atoms with Crippen molar-refractivity contribution in [2.45, 2.75) is 191 Å². The van der Waals surface area contributed by atoms with Crippen LogP contribution in [0.3, 0.4) is 0 Å². The highest BCUT2D eigenvalue weighted by Gasteiger charge is 2.49. The predicted molar refractivity (Wildman–Crippen MR) is 214 cm³/mol. The SMILES string of the molecule is OCCCCCC(O)C(C=COC=CC(C(O)CCCCCO)(C(O)CCCCCO)C(O)CCCCCO)(C(O)CCCCCO)C(O)CCCCCO. The van der Waals surface area contributed by atoms with Crippen molar-refractivity contribution in [1.29, 1.82) is 0 Å². The standard InChI is InChI=1S/C42H82O13/c43-27-13-1-7-19-35(49)41(36(50)20-8-2-14-28-44,37(51)21-9-3-15-29-45)25-33-55-34-26-42(38(52)22-10-4-16-30-46,39(53)23-11-5-17-31-47)40(54)24-12-6-18-32-48/h25-26,33-40,43-54H,1-24,27-32H2. The molecular formula is C42H82O13. The average molecular weight is 795 g/mol. The molecule has 12 N–H and O–H groups in total. The average Bonchev–Trinajstić information content (AvgIpc) is 3.18. The fourth-order valence-corrected chi connectivity index (χ4v) is 7.62. The molecule has 6 unspecified atom stereocenters.